The lowest BCUT2D eigenvalue weighted by Gasteiger charge is -2.31. The van der Waals surface area contributed by atoms with E-state index in [0.717, 1.165) is 42.2 Å². The maximum Gasteiger partial charge on any atom is 0.340 e. The summed E-state index contributed by atoms with van der Waals surface area (Å²) in [5.41, 5.74) is 3.90. The lowest BCUT2D eigenvalue weighted by molar-refractivity contribution is 0.0467. The molecule has 1 aromatic heterocycles. The number of nitrogens with zero attached hydrogens (tertiary/aromatic N) is 3. The van der Waals surface area contributed by atoms with Crippen molar-refractivity contribution in [3.8, 4) is 23.6 Å². The van der Waals surface area contributed by atoms with E-state index in [4.69, 9.17) is 16.1 Å². The molecule has 2 heterocycles. The van der Waals surface area contributed by atoms with Crippen LogP contribution in [0, 0.1) is 12.3 Å². The molecule has 0 bridgehead atoms. The van der Waals surface area contributed by atoms with Crippen molar-refractivity contribution in [3.63, 3.8) is 0 Å². The fourth-order valence-electron chi connectivity index (χ4n) is 4.87. The van der Waals surface area contributed by atoms with Crippen LogP contribution in [0.15, 0.2) is 66.1 Å². The number of hydrogen-bond donors (Lipinski definition) is 0. The molecule has 202 valence electrons. The quantitative estimate of drug-likeness (QED) is 0.178. The van der Waals surface area contributed by atoms with Crippen molar-refractivity contribution in [2.75, 3.05) is 31.1 Å². The van der Waals surface area contributed by atoms with Crippen LogP contribution < -0.4 is 4.90 Å². The molecule has 1 saturated heterocycles. The van der Waals surface area contributed by atoms with E-state index in [9.17, 15) is 9.59 Å². The van der Waals surface area contributed by atoms with Crippen LogP contribution in [0.1, 0.15) is 65.3 Å². The molecule has 0 aliphatic carbocycles. The van der Waals surface area contributed by atoms with Gasteiger partial charge in [0, 0.05) is 48.7 Å². The maximum absolute atomic E-state index is 13.4. The summed E-state index contributed by atoms with van der Waals surface area (Å²) in [5, 5.41) is 3.23. The number of anilines is 1. The summed E-state index contributed by atoms with van der Waals surface area (Å²) in [6.45, 7) is 9.30. The average molecular weight is 542 g/mol. The SMILES string of the molecule is C#CC(C=CC)OC(=O)c1ccccc1C(=O)N1CCC(c2nc(-c3ccc(N(CC)CC)cc3)cs2)CC1. The second kappa shape index (κ2) is 13.3. The summed E-state index contributed by atoms with van der Waals surface area (Å²) in [6.07, 6.45) is 9.70. The van der Waals surface area contributed by atoms with Crippen LogP contribution in [0.4, 0.5) is 5.69 Å². The van der Waals surface area contributed by atoms with Crippen molar-refractivity contribution < 1.29 is 14.3 Å². The van der Waals surface area contributed by atoms with Gasteiger partial charge in [0.25, 0.3) is 5.91 Å². The number of terminal acetylenes is 1. The first-order valence-corrected chi connectivity index (χ1v) is 14.4. The van der Waals surface area contributed by atoms with E-state index in [0.29, 0.717) is 24.6 Å². The number of thiazole rings is 1. The number of amides is 1. The van der Waals surface area contributed by atoms with Gasteiger partial charge in [0.15, 0.2) is 6.10 Å². The van der Waals surface area contributed by atoms with E-state index < -0.39 is 12.1 Å². The number of esters is 1. The smallest absolute Gasteiger partial charge is 0.340 e. The van der Waals surface area contributed by atoms with Crippen molar-refractivity contribution >= 4 is 28.9 Å². The van der Waals surface area contributed by atoms with E-state index in [1.54, 1.807) is 54.7 Å². The Hall–Kier alpha value is -3.89. The number of aromatic nitrogens is 1. The van der Waals surface area contributed by atoms with E-state index in [2.05, 4.69) is 54.3 Å². The van der Waals surface area contributed by atoms with Crippen LogP contribution in [0.25, 0.3) is 11.3 Å². The number of allylic oxidation sites excluding steroid dienone is 1. The van der Waals surface area contributed by atoms with Gasteiger partial charge in [0.05, 0.1) is 21.8 Å². The lowest BCUT2D eigenvalue weighted by Crippen LogP contribution is -2.38. The molecule has 6 nitrogen and oxygen atoms in total. The normalized spacial score (nSPS) is 14.7. The predicted octanol–water partition coefficient (Wildman–Crippen LogP) is 6.41. The minimum absolute atomic E-state index is 0.169. The zero-order chi connectivity index (χ0) is 27.8. The minimum atomic E-state index is -0.773. The van der Waals surface area contributed by atoms with Crippen LogP contribution in [0.5, 0.6) is 0 Å². The highest BCUT2D eigenvalue weighted by Crippen LogP contribution is 2.34. The molecule has 0 N–H and O–H groups in total. The Morgan fingerprint density at radius 2 is 1.79 bits per heavy atom. The highest BCUT2D eigenvalue weighted by Gasteiger charge is 2.29. The molecule has 0 saturated carbocycles. The zero-order valence-corrected chi connectivity index (χ0v) is 23.6. The van der Waals surface area contributed by atoms with E-state index in [1.165, 1.54) is 5.69 Å². The van der Waals surface area contributed by atoms with Gasteiger partial charge in [-0.15, -0.1) is 17.8 Å². The van der Waals surface area contributed by atoms with E-state index in [1.807, 2.05) is 4.90 Å². The molecular weight excluding hydrogens is 506 g/mol. The summed E-state index contributed by atoms with van der Waals surface area (Å²) >= 11 is 1.69. The molecule has 1 unspecified atom stereocenters. The maximum atomic E-state index is 13.4. The molecule has 2 aromatic carbocycles. The Labute approximate surface area is 235 Å². The Balaban J connectivity index is 1.39. The average Bonchev–Trinajstić information content (AvgIpc) is 3.48. The zero-order valence-electron chi connectivity index (χ0n) is 22.8. The lowest BCUT2D eigenvalue weighted by atomic mass is 9.96. The van der Waals surface area contributed by atoms with Crippen LogP contribution >= 0.6 is 11.3 Å². The van der Waals surface area contributed by atoms with Crippen molar-refractivity contribution in [2.24, 2.45) is 0 Å². The Morgan fingerprint density at radius 1 is 1.13 bits per heavy atom. The molecule has 1 aliphatic heterocycles. The molecule has 1 aliphatic rings. The molecule has 1 atom stereocenters. The fourth-order valence-corrected chi connectivity index (χ4v) is 5.87. The molecule has 7 heteroatoms. The molecule has 3 aromatic rings. The summed E-state index contributed by atoms with van der Waals surface area (Å²) in [6, 6.07) is 15.4. The first-order valence-electron chi connectivity index (χ1n) is 13.5. The van der Waals surface area contributed by atoms with Crippen molar-refractivity contribution in [3.05, 3.63) is 82.2 Å². The van der Waals surface area contributed by atoms with Gasteiger partial charge >= 0.3 is 5.97 Å². The van der Waals surface area contributed by atoms with Crippen molar-refractivity contribution in [2.45, 2.75) is 45.6 Å². The van der Waals surface area contributed by atoms with Gasteiger partial charge in [-0.2, -0.15) is 0 Å². The number of carbonyl (C=O) groups is 2. The number of hydrogen-bond acceptors (Lipinski definition) is 6. The summed E-state index contributed by atoms with van der Waals surface area (Å²) < 4.78 is 5.41. The number of piperidine rings is 1. The van der Waals surface area contributed by atoms with Crippen molar-refractivity contribution in [1.29, 1.82) is 0 Å². The van der Waals surface area contributed by atoms with Crippen LogP contribution in [0.3, 0.4) is 0 Å². The van der Waals surface area contributed by atoms with E-state index >= 15 is 0 Å². The number of likely N-dealkylation sites (tertiary alicyclic amines) is 1. The Bertz CT molecular complexity index is 1340. The second-order valence-corrected chi connectivity index (χ2v) is 10.3. The van der Waals surface area contributed by atoms with Gasteiger partial charge in [0.2, 0.25) is 0 Å². The molecule has 0 spiro atoms. The Kier molecular flexibility index (Phi) is 9.56. The van der Waals surface area contributed by atoms with Gasteiger partial charge in [0.1, 0.15) is 0 Å². The molecule has 4 rings (SSSR count). The number of rotatable bonds is 9. The number of benzene rings is 2. The number of ether oxygens (including phenoxy) is 1. The number of carbonyl (C=O) groups excluding carboxylic acids is 2. The third-order valence-corrected chi connectivity index (χ3v) is 8.10. The highest BCUT2D eigenvalue weighted by atomic mass is 32.1. The summed E-state index contributed by atoms with van der Waals surface area (Å²) in [4.78, 5) is 35.3. The summed E-state index contributed by atoms with van der Waals surface area (Å²) in [5.74, 6) is 1.96. The van der Waals surface area contributed by atoms with E-state index in [-0.39, 0.29) is 11.5 Å². The third-order valence-electron chi connectivity index (χ3n) is 7.09. The van der Waals surface area contributed by atoms with Gasteiger partial charge in [-0.1, -0.05) is 36.3 Å². The molecule has 1 amide bonds. The largest absolute Gasteiger partial charge is 0.441 e. The molecule has 1 fully saturated rings. The predicted molar refractivity (Wildman–Crippen MR) is 158 cm³/mol. The standard InChI is InChI=1S/C32H35N3O3S/c1-5-11-26(6-2)38-32(37)28-13-10-9-12-27(28)31(36)35-20-18-24(19-21-35)30-33-29(22-39-30)23-14-16-25(17-15-23)34(7-3)8-4/h2,5,9-17,22,24,26H,7-8,18-21H2,1,3-4H3. The molecular formula is C32H35N3O3S. The monoisotopic (exact) mass is 541 g/mol. The van der Waals surface area contributed by atoms with Crippen LogP contribution in [-0.2, 0) is 4.74 Å². The van der Waals surface area contributed by atoms with Gasteiger partial charge < -0.3 is 14.5 Å². The topological polar surface area (TPSA) is 62.7 Å². The first kappa shape index (κ1) is 28.1. The molecule has 0 radical (unpaired) electrons. The second-order valence-electron chi connectivity index (χ2n) is 9.42. The minimum Gasteiger partial charge on any atom is -0.441 e. The highest BCUT2D eigenvalue weighted by molar-refractivity contribution is 7.10. The van der Waals surface area contributed by atoms with Crippen molar-refractivity contribution in [1.82, 2.24) is 9.88 Å². The van der Waals surface area contributed by atoms with Gasteiger partial charge in [-0.3, -0.25) is 4.79 Å². The first-order chi connectivity index (χ1) is 19.0. The summed E-state index contributed by atoms with van der Waals surface area (Å²) in [7, 11) is 0. The fraction of sp³-hybridized carbons (Fsp3) is 0.344. The van der Waals surface area contributed by atoms with Crippen LogP contribution in [-0.4, -0.2) is 54.0 Å². The van der Waals surface area contributed by atoms with Crippen LogP contribution in [0.2, 0.25) is 0 Å². The van der Waals surface area contributed by atoms with Gasteiger partial charge in [-0.05, 0) is 64.0 Å². The van der Waals surface area contributed by atoms with Gasteiger partial charge in [-0.25, -0.2) is 9.78 Å². The third kappa shape index (κ3) is 6.58. The Morgan fingerprint density at radius 3 is 2.41 bits per heavy atom. The molecule has 39 heavy (non-hydrogen) atoms.